The number of hydrogen-bond acceptors (Lipinski definition) is 16. The minimum absolute atomic E-state index is 0.355. The summed E-state index contributed by atoms with van der Waals surface area (Å²) in [6.45, 7) is 33.5. The summed E-state index contributed by atoms with van der Waals surface area (Å²) in [4.78, 5) is 61.6. The Balaban J connectivity index is -0.000000921. The molecule has 0 atom stereocenters. The Morgan fingerprint density at radius 3 is 0.804 bits per heavy atom. The summed E-state index contributed by atoms with van der Waals surface area (Å²) in [6.07, 6.45) is -3.60. The van der Waals surface area contributed by atoms with Crippen molar-refractivity contribution in [3.8, 4) is 0 Å². The fourth-order valence-electron chi connectivity index (χ4n) is 3.72. The summed E-state index contributed by atoms with van der Waals surface area (Å²) in [5.41, 5.74) is 13.0. The highest BCUT2D eigenvalue weighted by Gasteiger charge is 2.24. The predicted octanol–water partition coefficient (Wildman–Crippen LogP) is 3.90. The summed E-state index contributed by atoms with van der Waals surface area (Å²) in [5.74, 6) is 0. The van der Waals surface area contributed by atoms with Gasteiger partial charge in [-0.2, -0.15) is 0 Å². The first-order valence-corrected chi connectivity index (χ1v) is 18.9. The van der Waals surface area contributed by atoms with Gasteiger partial charge in [0.1, 0.15) is 28.0 Å². The molecule has 0 aromatic rings. The molecule has 0 aliphatic carbocycles. The number of rotatable bonds is 15. The van der Waals surface area contributed by atoms with Crippen LogP contribution in [0.25, 0.3) is 0 Å². The summed E-state index contributed by atoms with van der Waals surface area (Å²) in [7, 11) is 0. The largest absolute Gasteiger partial charge is 0.519 e. The molecule has 332 valence electrons. The highest BCUT2D eigenvalue weighted by Crippen LogP contribution is 2.12. The fourth-order valence-corrected chi connectivity index (χ4v) is 3.72. The SMILES string of the molecule is CC(C)(C)OC(=O)NCCN(CCNC(=O)OC(C)(C)C)CCNC(=O)OC(C)(C)C.CC(C)(C)OC(=O)OC(=O)OC(C)(C)C.NCCN(CCN)CCN. The van der Waals surface area contributed by atoms with Gasteiger partial charge in [-0.3, -0.25) is 9.80 Å². The van der Waals surface area contributed by atoms with Crippen LogP contribution in [0.15, 0.2) is 0 Å². The first-order chi connectivity index (χ1) is 25.3. The number of hydrogen-bond donors (Lipinski definition) is 6. The zero-order valence-electron chi connectivity index (χ0n) is 37.1. The van der Waals surface area contributed by atoms with Crippen molar-refractivity contribution in [3.63, 3.8) is 0 Å². The minimum Gasteiger partial charge on any atom is -0.444 e. The van der Waals surface area contributed by atoms with Crippen molar-refractivity contribution in [1.82, 2.24) is 25.8 Å². The number of carbonyl (C=O) groups is 5. The quantitative estimate of drug-likeness (QED) is 0.0778. The van der Waals surface area contributed by atoms with E-state index < -0.39 is 58.6 Å². The van der Waals surface area contributed by atoms with E-state index in [-0.39, 0.29) is 0 Å². The van der Waals surface area contributed by atoms with Crippen molar-refractivity contribution in [3.05, 3.63) is 0 Å². The van der Waals surface area contributed by atoms with Crippen molar-refractivity contribution >= 4 is 30.6 Å². The second-order valence-corrected chi connectivity index (χ2v) is 17.4. The molecule has 19 heteroatoms. The number of carbonyl (C=O) groups excluding carboxylic acids is 5. The number of nitrogens with one attached hydrogen (secondary N) is 3. The van der Waals surface area contributed by atoms with Crippen LogP contribution in [0.3, 0.4) is 0 Å². The maximum atomic E-state index is 11.8. The van der Waals surface area contributed by atoms with Crippen LogP contribution in [0.4, 0.5) is 24.0 Å². The molecule has 0 unspecified atom stereocenters. The van der Waals surface area contributed by atoms with Crippen molar-refractivity contribution in [2.75, 3.05) is 78.5 Å². The zero-order chi connectivity index (χ0) is 44.4. The van der Waals surface area contributed by atoms with Crippen LogP contribution in [0, 0.1) is 0 Å². The third-order valence-corrected chi connectivity index (χ3v) is 5.57. The normalized spacial score (nSPS) is 11.9. The van der Waals surface area contributed by atoms with E-state index in [1.54, 1.807) is 104 Å². The van der Waals surface area contributed by atoms with E-state index in [4.69, 9.17) is 40.9 Å². The van der Waals surface area contributed by atoms with Gasteiger partial charge in [-0.25, -0.2) is 24.0 Å². The fraction of sp³-hybridized carbons (Fsp3) is 0.865. The molecular formula is C37H78N8O11. The smallest absolute Gasteiger partial charge is 0.444 e. The van der Waals surface area contributed by atoms with Gasteiger partial charge >= 0.3 is 30.6 Å². The van der Waals surface area contributed by atoms with Gasteiger partial charge in [-0.1, -0.05) is 0 Å². The van der Waals surface area contributed by atoms with E-state index in [0.717, 1.165) is 19.6 Å². The monoisotopic (exact) mass is 811 g/mol. The van der Waals surface area contributed by atoms with Gasteiger partial charge in [0.05, 0.1) is 0 Å². The van der Waals surface area contributed by atoms with Crippen molar-refractivity contribution in [2.24, 2.45) is 17.2 Å². The van der Waals surface area contributed by atoms with Crippen LogP contribution in [-0.4, -0.2) is 147 Å². The zero-order valence-corrected chi connectivity index (χ0v) is 37.1. The van der Waals surface area contributed by atoms with Gasteiger partial charge in [0.15, 0.2) is 0 Å². The summed E-state index contributed by atoms with van der Waals surface area (Å²) >= 11 is 0. The van der Waals surface area contributed by atoms with Gasteiger partial charge in [-0.05, 0) is 104 Å². The Labute approximate surface area is 336 Å². The minimum atomic E-state index is -1.06. The second-order valence-electron chi connectivity index (χ2n) is 17.4. The van der Waals surface area contributed by atoms with Crippen molar-refractivity contribution < 1.29 is 52.4 Å². The number of nitrogens with two attached hydrogens (primary N) is 3. The Hall–Kier alpha value is -3.65. The molecule has 0 heterocycles. The molecule has 56 heavy (non-hydrogen) atoms. The number of amides is 3. The highest BCUT2D eigenvalue weighted by atomic mass is 16.8. The van der Waals surface area contributed by atoms with Crippen LogP contribution in [-0.2, 0) is 28.4 Å². The Bertz CT molecular complexity index is 1000. The summed E-state index contributed by atoms with van der Waals surface area (Å²) in [6, 6.07) is 0. The average Bonchev–Trinajstić information content (AvgIpc) is 2.93. The molecule has 0 fully saturated rings. The molecule has 3 amide bonds. The third-order valence-electron chi connectivity index (χ3n) is 5.57. The molecule has 0 radical (unpaired) electrons. The van der Waals surface area contributed by atoms with Crippen LogP contribution in [0.1, 0.15) is 104 Å². The van der Waals surface area contributed by atoms with Crippen LogP contribution in [0.2, 0.25) is 0 Å². The standard InChI is InChI=1S/C21H42N4O6.C10H18O5.C6H18N4/c1-19(2,3)29-16(26)22-10-13-25(14-11-23-17(27)30-20(4,5)6)15-12-24-18(28)31-21(7,8)9;1-9(2,3)14-7(11)13-8(12)15-10(4,5)6;7-1-4-10(5-2-8)6-3-9/h10-15H2,1-9H3,(H,22,26)(H,23,27)(H,24,28);1-6H3;1-9H2. The van der Waals surface area contributed by atoms with E-state index in [2.05, 4.69) is 25.6 Å². The molecule has 0 aliphatic rings. The van der Waals surface area contributed by atoms with E-state index in [9.17, 15) is 24.0 Å². The van der Waals surface area contributed by atoms with Gasteiger partial charge in [0, 0.05) is 78.5 Å². The lowest BCUT2D eigenvalue weighted by Crippen LogP contribution is -2.44. The lowest BCUT2D eigenvalue weighted by Gasteiger charge is -2.25. The molecule has 0 saturated heterocycles. The van der Waals surface area contributed by atoms with Gasteiger partial charge in [0.2, 0.25) is 0 Å². The number of ether oxygens (including phenoxy) is 6. The molecule has 0 saturated carbocycles. The second kappa shape index (κ2) is 27.9. The Kier molecular flexibility index (Phi) is 28.2. The van der Waals surface area contributed by atoms with Crippen LogP contribution in [0.5, 0.6) is 0 Å². The van der Waals surface area contributed by atoms with Crippen LogP contribution < -0.4 is 33.2 Å². The van der Waals surface area contributed by atoms with E-state index in [1.165, 1.54) is 0 Å². The van der Waals surface area contributed by atoms with Crippen molar-refractivity contribution in [2.45, 2.75) is 132 Å². The molecular weight excluding hydrogens is 732 g/mol. The molecule has 0 rings (SSSR count). The predicted molar refractivity (Wildman–Crippen MR) is 216 cm³/mol. The maximum Gasteiger partial charge on any atom is 0.519 e. The lowest BCUT2D eigenvalue weighted by atomic mass is 10.2. The van der Waals surface area contributed by atoms with Gasteiger partial charge < -0.3 is 61.6 Å². The van der Waals surface area contributed by atoms with E-state index >= 15 is 0 Å². The molecule has 0 aromatic carbocycles. The summed E-state index contributed by atoms with van der Waals surface area (Å²) < 4.78 is 29.5. The van der Waals surface area contributed by atoms with Gasteiger partial charge in [-0.15, -0.1) is 0 Å². The molecule has 0 bridgehead atoms. The first-order valence-electron chi connectivity index (χ1n) is 18.9. The molecule has 0 aliphatic heterocycles. The topological polar surface area (TPSA) is 261 Å². The third kappa shape index (κ3) is 44.7. The van der Waals surface area contributed by atoms with Crippen molar-refractivity contribution in [1.29, 1.82) is 0 Å². The highest BCUT2D eigenvalue weighted by molar-refractivity contribution is 5.77. The molecule has 9 N–H and O–H groups in total. The van der Waals surface area contributed by atoms with Crippen LogP contribution >= 0.6 is 0 Å². The van der Waals surface area contributed by atoms with E-state index in [0.29, 0.717) is 58.9 Å². The molecule has 19 nitrogen and oxygen atoms in total. The first kappa shape index (κ1) is 56.7. The lowest BCUT2D eigenvalue weighted by molar-refractivity contribution is -0.0294. The Morgan fingerprint density at radius 1 is 0.393 bits per heavy atom. The van der Waals surface area contributed by atoms with Gasteiger partial charge in [0.25, 0.3) is 0 Å². The number of alkyl carbamates (subject to hydrolysis) is 3. The number of nitrogens with zero attached hydrogens (tertiary/aromatic N) is 2. The molecule has 0 spiro atoms. The molecule has 0 aromatic heterocycles. The summed E-state index contributed by atoms with van der Waals surface area (Å²) in [5, 5.41) is 8.11. The van der Waals surface area contributed by atoms with E-state index in [1.807, 2.05) is 4.90 Å². The maximum absolute atomic E-state index is 11.8. The Morgan fingerprint density at radius 2 is 0.607 bits per heavy atom. The average molecular weight is 811 g/mol.